The molecule has 0 amide bonds. The number of nitrogens with one attached hydrogen (secondary N) is 1. The largest absolute Gasteiger partial charge is 0.366 e. The summed E-state index contributed by atoms with van der Waals surface area (Å²) in [4.78, 5) is 2.32. The number of nitrogens with zero attached hydrogens (tertiary/aromatic N) is 1. The van der Waals surface area contributed by atoms with Crippen molar-refractivity contribution in [1.82, 2.24) is 10.2 Å². The van der Waals surface area contributed by atoms with Crippen molar-refractivity contribution in [3.8, 4) is 0 Å². The molecule has 1 rings (SSSR count). The van der Waals surface area contributed by atoms with Gasteiger partial charge in [-0.05, 0) is 33.6 Å². The van der Waals surface area contributed by atoms with Gasteiger partial charge in [-0.15, -0.1) is 0 Å². The number of ether oxygens (including phenoxy) is 2. The monoisotopic (exact) mass is 274 g/mol. The number of methoxy groups -OCH3 is 1. The van der Waals surface area contributed by atoms with E-state index in [0.717, 1.165) is 32.4 Å². The smallest absolute Gasteiger partial charge is 0.214 e. The van der Waals surface area contributed by atoms with Crippen LogP contribution < -0.4 is 5.32 Å². The van der Waals surface area contributed by atoms with Crippen molar-refractivity contribution in [3.05, 3.63) is 0 Å². The van der Waals surface area contributed by atoms with E-state index in [1.54, 1.807) is 7.11 Å². The number of aliphatic hydroxyl groups excluding tert-OH is 1. The minimum atomic E-state index is -0.905. The normalized spacial score (nSPS) is 24.6. The van der Waals surface area contributed by atoms with Gasteiger partial charge in [-0.25, -0.2) is 0 Å². The predicted molar refractivity (Wildman–Crippen MR) is 75.7 cm³/mol. The van der Waals surface area contributed by atoms with Gasteiger partial charge in [0, 0.05) is 26.2 Å². The van der Waals surface area contributed by atoms with Crippen molar-refractivity contribution in [2.24, 2.45) is 0 Å². The minimum Gasteiger partial charge on any atom is -0.366 e. The summed E-state index contributed by atoms with van der Waals surface area (Å²) in [6.07, 6.45) is 2.45. The maximum absolute atomic E-state index is 9.85. The molecule has 2 N–H and O–H groups in total. The standard InChI is InChI=1S/C14H30N2O3/c1-6-7-12(18-5)16-9-8-11(10-16)15-13(17)19-14(2,3)4/h11-13,15,17H,6-10H2,1-5H3/t11-,12?,13?/m1/s1. The van der Waals surface area contributed by atoms with Crippen LogP contribution in [0.15, 0.2) is 0 Å². The molecule has 0 spiro atoms. The Morgan fingerprint density at radius 3 is 2.63 bits per heavy atom. The Balaban J connectivity index is 2.35. The van der Waals surface area contributed by atoms with Crippen LogP contribution in [-0.2, 0) is 9.47 Å². The molecule has 1 fully saturated rings. The van der Waals surface area contributed by atoms with Crippen LogP contribution in [0.3, 0.4) is 0 Å². The SMILES string of the molecule is CCCC(OC)N1CC[C@@H](NC(O)OC(C)(C)C)C1. The molecule has 0 saturated carbocycles. The number of hydrogen-bond donors (Lipinski definition) is 2. The van der Waals surface area contributed by atoms with Crippen LogP contribution in [-0.4, -0.2) is 54.5 Å². The van der Waals surface area contributed by atoms with Crippen molar-refractivity contribution in [2.45, 2.75) is 71.2 Å². The predicted octanol–water partition coefficient (Wildman–Crippen LogP) is 1.51. The van der Waals surface area contributed by atoms with Gasteiger partial charge in [0.15, 0.2) is 0 Å². The topological polar surface area (TPSA) is 54.0 Å². The van der Waals surface area contributed by atoms with E-state index in [2.05, 4.69) is 17.1 Å². The van der Waals surface area contributed by atoms with Crippen LogP contribution in [0.1, 0.15) is 47.0 Å². The van der Waals surface area contributed by atoms with E-state index in [4.69, 9.17) is 9.47 Å². The summed E-state index contributed by atoms with van der Waals surface area (Å²) in [6, 6.07) is 0.256. The quantitative estimate of drug-likeness (QED) is 0.689. The third kappa shape index (κ3) is 6.19. The average Bonchev–Trinajstić information content (AvgIpc) is 2.71. The number of rotatable bonds is 7. The third-order valence-corrected chi connectivity index (χ3v) is 3.28. The molecular formula is C14H30N2O3. The first-order valence-electron chi connectivity index (χ1n) is 7.24. The molecule has 2 unspecified atom stereocenters. The second-order valence-corrected chi connectivity index (χ2v) is 6.21. The van der Waals surface area contributed by atoms with Crippen LogP contribution >= 0.6 is 0 Å². The van der Waals surface area contributed by atoms with Crippen LogP contribution in [0.25, 0.3) is 0 Å². The lowest BCUT2D eigenvalue weighted by molar-refractivity contribution is -0.185. The molecule has 5 heteroatoms. The molecule has 0 aromatic rings. The van der Waals surface area contributed by atoms with Gasteiger partial charge in [0.05, 0.1) is 5.60 Å². The van der Waals surface area contributed by atoms with Crippen molar-refractivity contribution < 1.29 is 14.6 Å². The van der Waals surface area contributed by atoms with Crippen LogP contribution in [0.5, 0.6) is 0 Å². The zero-order valence-corrected chi connectivity index (χ0v) is 13.0. The van der Waals surface area contributed by atoms with Gasteiger partial charge in [0.25, 0.3) is 0 Å². The molecule has 3 atom stereocenters. The van der Waals surface area contributed by atoms with E-state index < -0.39 is 6.41 Å². The summed E-state index contributed by atoms with van der Waals surface area (Å²) in [7, 11) is 1.76. The number of aliphatic hydroxyl groups is 1. The molecule has 0 aromatic carbocycles. The van der Waals surface area contributed by atoms with Crippen LogP contribution in [0.4, 0.5) is 0 Å². The summed E-state index contributed by atoms with van der Waals surface area (Å²) in [5, 5.41) is 13.0. The zero-order valence-electron chi connectivity index (χ0n) is 13.0. The molecule has 0 radical (unpaired) electrons. The first-order valence-corrected chi connectivity index (χ1v) is 7.24. The van der Waals surface area contributed by atoms with E-state index in [0.29, 0.717) is 0 Å². The molecule has 1 saturated heterocycles. The lowest BCUT2D eigenvalue weighted by Crippen LogP contribution is -2.45. The molecule has 114 valence electrons. The molecule has 1 heterocycles. The van der Waals surface area contributed by atoms with E-state index in [9.17, 15) is 5.11 Å². The summed E-state index contributed by atoms with van der Waals surface area (Å²) < 4.78 is 11.0. The molecule has 0 bridgehead atoms. The maximum atomic E-state index is 9.85. The highest BCUT2D eigenvalue weighted by Crippen LogP contribution is 2.17. The van der Waals surface area contributed by atoms with E-state index >= 15 is 0 Å². The Morgan fingerprint density at radius 2 is 2.11 bits per heavy atom. The molecule has 1 aliphatic heterocycles. The fraction of sp³-hybridized carbons (Fsp3) is 1.00. The van der Waals surface area contributed by atoms with E-state index in [-0.39, 0.29) is 17.9 Å². The summed E-state index contributed by atoms with van der Waals surface area (Å²) in [6.45, 7) is 9.85. The van der Waals surface area contributed by atoms with E-state index in [1.165, 1.54) is 0 Å². The summed E-state index contributed by atoms with van der Waals surface area (Å²) in [5.41, 5.74) is -0.345. The molecular weight excluding hydrogens is 244 g/mol. The molecule has 19 heavy (non-hydrogen) atoms. The Kier molecular flexibility index (Phi) is 6.69. The van der Waals surface area contributed by atoms with Gasteiger partial charge in [-0.2, -0.15) is 0 Å². The Bertz CT molecular complexity index is 256. The number of likely N-dealkylation sites (tertiary alicyclic amines) is 1. The molecule has 1 aliphatic rings. The maximum Gasteiger partial charge on any atom is 0.214 e. The summed E-state index contributed by atoms with van der Waals surface area (Å²) >= 11 is 0. The van der Waals surface area contributed by atoms with Gasteiger partial charge in [0.1, 0.15) is 6.23 Å². The zero-order chi connectivity index (χ0) is 14.5. The highest BCUT2D eigenvalue weighted by molar-refractivity contribution is 4.82. The highest BCUT2D eigenvalue weighted by atomic mass is 16.6. The Hall–Kier alpha value is -0.200. The van der Waals surface area contributed by atoms with Gasteiger partial charge >= 0.3 is 0 Å². The first kappa shape index (κ1) is 16.9. The number of hydrogen-bond acceptors (Lipinski definition) is 5. The van der Waals surface area contributed by atoms with Crippen molar-refractivity contribution in [1.29, 1.82) is 0 Å². The highest BCUT2D eigenvalue weighted by Gasteiger charge is 2.29. The average molecular weight is 274 g/mol. The summed E-state index contributed by atoms with van der Waals surface area (Å²) in [5.74, 6) is 0. The second kappa shape index (κ2) is 7.55. The second-order valence-electron chi connectivity index (χ2n) is 6.21. The molecule has 5 nitrogen and oxygen atoms in total. The van der Waals surface area contributed by atoms with Crippen LogP contribution in [0.2, 0.25) is 0 Å². The Labute approximate surface area is 117 Å². The lowest BCUT2D eigenvalue weighted by atomic mass is 10.2. The fourth-order valence-electron chi connectivity index (χ4n) is 2.45. The fourth-order valence-corrected chi connectivity index (χ4v) is 2.45. The van der Waals surface area contributed by atoms with Gasteiger partial charge < -0.3 is 14.6 Å². The minimum absolute atomic E-state index is 0.192. The van der Waals surface area contributed by atoms with Gasteiger partial charge in [-0.1, -0.05) is 13.3 Å². The van der Waals surface area contributed by atoms with Gasteiger partial charge in [-0.3, -0.25) is 10.2 Å². The van der Waals surface area contributed by atoms with Crippen molar-refractivity contribution in [2.75, 3.05) is 20.2 Å². The van der Waals surface area contributed by atoms with Crippen LogP contribution in [0, 0.1) is 0 Å². The first-order chi connectivity index (χ1) is 8.85. The van der Waals surface area contributed by atoms with Gasteiger partial charge in [0.2, 0.25) is 6.41 Å². The Morgan fingerprint density at radius 1 is 1.42 bits per heavy atom. The van der Waals surface area contributed by atoms with Crippen molar-refractivity contribution in [3.63, 3.8) is 0 Å². The molecule has 0 aliphatic carbocycles. The lowest BCUT2D eigenvalue weighted by Gasteiger charge is -2.28. The van der Waals surface area contributed by atoms with E-state index in [1.807, 2.05) is 20.8 Å². The third-order valence-electron chi connectivity index (χ3n) is 3.28. The van der Waals surface area contributed by atoms with Crippen molar-refractivity contribution >= 4 is 0 Å². The molecule has 0 aromatic heterocycles.